The van der Waals surface area contributed by atoms with E-state index < -0.39 is 0 Å². The normalized spacial score (nSPS) is 15.1. The zero-order chi connectivity index (χ0) is 23.5. The van der Waals surface area contributed by atoms with Gasteiger partial charge in [0.1, 0.15) is 0 Å². The van der Waals surface area contributed by atoms with Crippen LogP contribution in [0.4, 0.5) is 0 Å². The van der Waals surface area contributed by atoms with Gasteiger partial charge in [-0.1, -0.05) is 16.8 Å². The molecule has 1 saturated heterocycles. The highest BCUT2D eigenvalue weighted by Crippen LogP contribution is 2.20. The third-order valence-corrected chi connectivity index (χ3v) is 6.59. The van der Waals surface area contributed by atoms with Gasteiger partial charge in [0.2, 0.25) is 11.7 Å². The average molecular weight is 497 g/mol. The minimum absolute atomic E-state index is 0.580. The van der Waals surface area contributed by atoms with Crippen LogP contribution in [-0.4, -0.2) is 65.5 Å². The molecule has 0 N–H and O–H groups in total. The number of hydrogen-bond acceptors (Lipinski definition) is 8. The van der Waals surface area contributed by atoms with Crippen molar-refractivity contribution in [1.82, 2.24) is 39.3 Å². The van der Waals surface area contributed by atoms with Gasteiger partial charge < -0.3 is 9.09 Å². The molecule has 4 aromatic rings. The molecule has 4 heterocycles. The van der Waals surface area contributed by atoms with E-state index in [4.69, 9.17) is 33.4 Å². The molecule has 0 aliphatic carbocycles. The molecule has 0 unspecified atom stereocenters. The van der Waals surface area contributed by atoms with Gasteiger partial charge in [-0.2, -0.15) is 10.1 Å². The first kappa shape index (κ1) is 22.9. The zero-order valence-electron chi connectivity index (χ0n) is 18.8. The van der Waals surface area contributed by atoms with Crippen molar-refractivity contribution >= 4 is 23.8 Å². The van der Waals surface area contributed by atoms with Crippen molar-refractivity contribution in [2.75, 3.05) is 26.2 Å². The summed E-state index contributed by atoms with van der Waals surface area (Å²) < 4.78 is 10.2. The highest BCUT2D eigenvalue weighted by Gasteiger charge is 2.21. The summed E-state index contributed by atoms with van der Waals surface area (Å²) in [6, 6.07) is 11.3. The standard InChI is InChI=1S/C23H25ClN8OS/c1-2-31-22(18-7-9-25-10-8-18)27-32(23(31)34)16-30-13-11-29(12-14-30)15-20-26-21(28-33-20)17-3-5-19(24)6-4-17/h3-10H,2,11-16H2,1H3. The Kier molecular flexibility index (Phi) is 6.82. The van der Waals surface area contributed by atoms with Crippen LogP contribution in [0.3, 0.4) is 0 Å². The summed E-state index contributed by atoms with van der Waals surface area (Å²) in [7, 11) is 0. The van der Waals surface area contributed by atoms with Crippen molar-refractivity contribution in [2.24, 2.45) is 0 Å². The molecule has 0 amide bonds. The second kappa shape index (κ2) is 10.1. The van der Waals surface area contributed by atoms with E-state index in [1.807, 2.05) is 41.1 Å². The number of hydrogen-bond donors (Lipinski definition) is 0. The topological polar surface area (TPSA) is 81.0 Å². The Morgan fingerprint density at radius 3 is 2.38 bits per heavy atom. The molecule has 0 bridgehead atoms. The number of benzene rings is 1. The van der Waals surface area contributed by atoms with Crippen molar-refractivity contribution in [3.63, 3.8) is 0 Å². The first-order valence-corrected chi connectivity index (χ1v) is 12.0. The van der Waals surface area contributed by atoms with Gasteiger partial charge >= 0.3 is 0 Å². The Morgan fingerprint density at radius 1 is 0.971 bits per heavy atom. The molecule has 1 aliphatic rings. The van der Waals surface area contributed by atoms with E-state index in [2.05, 4.69) is 36.4 Å². The maximum atomic E-state index is 5.96. The van der Waals surface area contributed by atoms with Crippen molar-refractivity contribution in [3.8, 4) is 22.8 Å². The molecule has 0 spiro atoms. The molecule has 1 fully saturated rings. The first-order valence-electron chi connectivity index (χ1n) is 11.2. The lowest BCUT2D eigenvalue weighted by Crippen LogP contribution is -2.46. The predicted octanol–water partition coefficient (Wildman–Crippen LogP) is 3.97. The zero-order valence-corrected chi connectivity index (χ0v) is 20.4. The van der Waals surface area contributed by atoms with Gasteiger partial charge in [0, 0.05) is 61.3 Å². The smallest absolute Gasteiger partial charge is 0.241 e. The largest absolute Gasteiger partial charge is 0.338 e. The molecule has 0 atom stereocenters. The maximum Gasteiger partial charge on any atom is 0.241 e. The first-order chi connectivity index (χ1) is 16.6. The third-order valence-electron chi connectivity index (χ3n) is 5.91. The van der Waals surface area contributed by atoms with Crippen molar-refractivity contribution in [2.45, 2.75) is 26.7 Å². The van der Waals surface area contributed by atoms with Gasteiger partial charge in [-0.25, -0.2) is 4.68 Å². The van der Waals surface area contributed by atoms with Crippen molar-refractivity contribution in [1.29, 1.82) is 0 Å². The highest BCUT2D eigenvalue weighted by molar-refractivity contribution is 7.71. The van der Waals surface area contributed by atoms with E-state index in [-0.39, 0.29) is 0 Å². The number of nitrogens with zero attached hydrogens (tertiary/aromatic N) is 8. The van der Waals surface area contributed by atoms with E-state index in [0.717, 1.165) is 54.4 Å². The molecule has 0 radical (unpaired) electrons. The number of pyridine rings is 1. The highest BCUT2D eigenvalue weighted by atomic mass is 35.5. The van der Waals surface area contributed by atoms with Crippen LogP contribution in [0.1, 0.15) is 12.8 Å². The van der Waals surface area contributed by atoms with Crippen LogP contribution in [-0.2, 0) is 19.8 Å². The SMILES string of the molecule is CCn1c(-c2ccncc2)nn(CN2CCN(Cc3nc(-c4ccc(Cl)cc4)no3)CC2)c1=S. The molecule has 1 aromatic carbocycles. The Bertz CT molecular complexity index is 1290. The lowest BCUT2D eigenvalue weighted by atomic mass is 10.2. The van der Waals surface area contributed by atoms with Gasteiger partial charge in [-0.05, 0) is 55.5 Å². The monoisotopic (exact) mass is 496 g/mol. The second-order valence-corrected chi connectivity index (χ2v) is 8.94. The van der Waals surface area contributed by atoms with Crippen LogP contribution in [0.15, 0.2) is 53.3 Å². The van der Waals surface area contributed by atoms with Crippen LogP contribution in [0, 0.1) is 4.77 Å². The Labute approximate surface area is 207 Å². The van der Waals surface area contributed by atoms with Crippen LogP contribution < -0.4 is 0 Å². The van der Waals surface area contributed by atoms with Gasteiger partial charge in [-0.15, -0.1) is 0 Å². The van der Waals surface area contributed by atoms with E-state index in [1.54, 1.807) is 12.4 Å². The van der Waals surface area contributed by atoms with Gasteiger partial charge in [0.15, 0.2) is 10.6 Å². The Balaban J connectivity index is 1.19. The summed E-state index contributed by atoms with van der Waals surface area (Å²) in [6.07, 6.45) is 3.55. The summed E-state index contributed by atoms with van der Waals surface area (Å²) in [5.74, 6) is 2.07. The fraction of sp³-hybridized carbons (Fsp3) is 0.348. The summed E-state index contributed by atoms with van der Waals surface area (Å²) in [5, 5.41) is 9.61. The summed E-state index contributed by atoms with van der Waals surface area (Å²) in [4.78, 5) is 13.3. The lowest BCUT2D eigenvalue weighted by Gasteiger charge is -2.33. The maximum absolute atomic E-state index is 5.96. The second-order valence-electron chi connectivity index (χ2n) is 8.14. The molecule has 9 nitrogen and oxygen atoms in total. The van der Waals surface area contributed by atoms with Crippen LogP contribution in [0.2, 0.25) is 5.02 Å². The van der Waals surface area contributed by atoms with Gasteiger partial charge in [-0.3, -0.25) is 14.8 Å². The van der Waals surface area contributed by atoms with Crippen LogP contribution in [0.25, 0.3) is 22.8 Å². The molecule has 34 heavy (non-hydrogen) atoms. The van der Waals surface area contributed by atoms with Crippen molar-refractivity contribution < 1.29 is 4.52 Å². The summed E-state index contributed by atoms with van der Waals surface area (Å²) in [6.45, 7) is 7.76. The van der Waals surface area contributed by atoms with E-state index in [9.17, 15) is 0 Å². The molecule has 11 heteroatoms. The fourth-order valence-electron chi connectivity index (χ4n) is 4.04. The van der Waals surface area contributed by atoms with E-state index in [0.29, 0.717) is 30.0 Å². The number of rotatable bonds is 7. The third kappa shape index (κ3) is 4.95. The van der Waals surface area contributed by atoms with E-state index in [1.165, 1.54) is 0 Å². The molecular formula is C23H25ClN8OS. The Morgan fingerprint density at radius 2 is 1.68 bits per heavy atom. The van der Waals surface area contributed by atoms with Crippen LogP contribution >= 0.6 is 23.8 Å². The van der Waals surface area contributed by atoms with Crippen molar-refractivity contribution in [3.05, 3.63) is 64.5 Å². The van der Waals surface area contributed by atoms with Gasteiger partial charge in [0.05, 0.1) is 13.2 Å². The summed E-state index contributed by atoms with van der Waals surface area (Å²) in [5.41, 5.74) is 1.91. The molecule has 3 aromatic heterocycles. The Hall–Kier alpha value is -2.92. The van der Waals surface area contributed by atoms with Crippen LogP contribution in [0.5, 0.6) is 0 Å². The molecular weight excluding hydrogens is 472 g/mol. The molecule has 0 saturated carbocycles. The lowest BCUT2D eigenvalue weighted by molar-refractivity contribution is 0.0908. The van der Waals surface area contributed by atoms with E-state index >= 15 is 0 Å². The fourth-order valence-corrected chi connectivity index (χ4v) is 4.48. The minimum Gasteiger partial charge on any atom is -0.338 e. The number of piperazine rings is 1. The molecule has 176 valence electrons. The summed E-state index contributed by atoms with van der Waals surface area (Å²) >= 11 is 11.7. The molecule has 5 rings (SSSR count). The number of halogens is 1. The quantitative estimate of drug-likeness (QED) is 0.355. The minimum atomic E-state index is 0.580. The average Bonchev–Trinajstić information content (AvgIpc) is 3.45. The number of aromatic nitrogens is 6. The molecule has 1 aliphatic heterocycles. The predicted molar refractivity (Wildman–Crippen MR) is 132 cm³/mol. The van der Waals surface area contributed by atoms with Gasteiger partial charge in [0.25, 0.3) is 0 Å².